The van der Waals surface area contributed by atoms with E-state index in [1.165, 1.54) is 22.0 Å². The van der Waals surface area contributed by atoms with Crippen molar-refractivity contribution >= 4 is 34.8 Å². The first kappa shape index (κ1) is 19.9. The number of nitrogens with one attached hydrogen (secondary N) is 1. The summed E-state index contributed by atoms with van der Waals surface area (Å²) in [6, 6.07) is 18.0. The van der Waals surface area contributed by atoms with E-state index in [0.29, 0.717) is 21.3 Å². The largest absolute Gasteiger partial charge is 0.497 e. The summed E-state index contributed by atoms with van der Waals surface area (Å²) >= 11 is 7.37. The molecule has 5 nitrogen and oxygen atoms in total. The summed E-state index contributed by atoms with van der Waals surface area (Å²) in [6.45, 7) is 0. The van der Waals surface area contributed by atoms with Crippen molar-refractivity contribution in [2.24, 2.45) is 0 Å². The number of aromatic amines is 1. The SMILES string of the molecule is COc1ccc(C=CC(=O)c2cccc(-n3cc(-c4ccc(Cl)s4)[nH]c3=O)c2)cc1. The van der Waals surface area contributed by atoms with E-state index in [1.807, 2.05) is 30.3 Å². The third-order valence-electron chi connectivity index (χ3n) is 4.51. The summed E-state index contributed by atoms with van der Waals surface area (Å²) in [5, 5.41) is 0. The minimum Gasteiger partial charge on any atom is -0.497 e. The second kappa shape index (κ2) is 8.57. The molecule has 150 valence electrons. The normalized spacial score (nSPS) is 11.1. The molecule has 1 N–H and O–H groups in total. The van der Waals surface area contributed by atoms with Crippen LogP contribution in [0.3, 0.4) is 0 Å². The maximum absolute atomic E-state index is 12.6. The number of benzene rings is 2. The van der Waals surface area contributed by atoms with Gasteiger partial charge in [0.05, 0.1) is 27.7 Å². The Balaban J connectivity index is 1.58. The Kier molecular flexibility index (Phi) is 5.70. The fraction of sp³-hybridized carbons (Fsp3) is 0.0435. The molecule has 2 aromatic heterocycles. The molecule has 2 aromatic carbocycles. The number of aromatic nitrogens is 2. The first-order valence-corrected chi connectivity index (χ1v) is 10.3. The molecular formula is C23H17ClN2O3S. The molecular weight excluding hydrogens is 420 g/mol. The van der Waals surface area contributed by atoms with Crippen molar-refractivity contribution in [1.29, 1.82) is 0 Å². The monoisotopic (exact) mass is 436 g/mol. The fourth-order valence-corrected chi connectivity index (χ4v) is 3.97. The number of imidazole rings is 1. The maximum atomic E-state index is 12.6. The van der Waals surface area contributed by atoms with Crippen LogP contribution in [-0.2, 0) is 0 Å². The lowest BCUT2D eigenvalue weighted by Gasteiger charge is -2.03. The van der Waals surface area contributed by atoms with Gasteiger partial charge in [-0.1, -0.05) is 41.9 Å². The highest BCUT2D eigenvalue weighted by Gasteiger charge is 2.11. The minimum atomic E-state index is -0.284. The van der Waals surface area contributed by atoms with E-state index >= 15 is 0 Å². The summed E-state index contributed by atoms with van der Waals surface area (Å²) < 4.78 is 7.26. The number of halogens is 1. The summed E-state index contributed by atoms with van der Waals surface area (Å²) in [4.78, 5) is 28.7. The number of nitrogens with zero attached hydrogens (tertiary/aromatic N) is 1. The summed E-state index contributed by atoms with van der Waals surface area (Å²) in [5.41, 5.74) is 2.38. The van der Waals surface area contributed by atoms with Crippen molar-refractivity contribution in [3.8, 4) is 22.0 Å². The van der Waals surface area contributed by atoms with Crippen LogP contribution in [0, 0.1) is 0 Å². The Morgan fingerprint density at radius 1 is 1.13 bits per heavy atom. The summed E-state index contributed by atoms with van der Waals surface area (Å²) in [6.07, 6.45) is 4.97. The van der Waals surface area contributed by atoms with Gasteiger partial charge in [0.1, 0.15) is 5.75 Å². The van der Waals surface area contributed by atoms with Gasteiger partial charge in [0.15, 0.2) is 5.78 Å². The highest BCUT2D eigenvalue weighted by atomic mass is 35.5. The smallest absolute Gasteiger partial charge is 0.330 e. The molecule has 0 saturated heterocycles. The lowest BCUT2D eigenvalue weighted by atomic mass is 10.1. The van der Waals surface area contributed by atoms with Crippen LogP contribution in [0.25, 0.3) is 22.3 Å². The molecule has 0 atom stereocenters. The Morgan fingerprint density at radius 3 is 2.63 bits per heavy atom. The lowest BCUT2D eigenvalue weighted by Crippen LogP contribution is -2.14. The van der Waals surface area contributed by atoms with E-state index in [2.05, 4.69) is 4.98 Å². The van der Waals surface area contributed by atoms with Gasteiger partial charge in [-0.25, -0.2) is 4.79 Å². The van der Waals surface area contributed by atoms with Crippen LogP contribution in [0.4, 0.5) is 0 Å². The van der Waals surface area contributed by atoms with E-state index < -0.39 is 0 Å². The Bertz CT molecular complexity index is 1280. The molecule has 0 aliphatic carbocycles. The number of ether oxygens (including phenoxy) is 1. The third kappa shape index (κ3) is 4.30. The molecule has 0 unspecified atom stereocenters. The van der Waals surface area contributed by atoms with Crippen LogP contribution in [0.2, 0.25) is 4.34 Å². The van der Waals surface area contributed by atoms with Gasteiger partial charge >= 0.3 is 5.69 Å². The van der Waals surface area contributed by atoms with Gasteiger partial charge in [0.25, 0.3) is 0 Å². The Labute approximate surface area is 181 Å². The van der Waals surface area contributed by atoms with Crippen LogP contribution in [0.15, 0.2) is 77.7 Å². The van der Waals surface area contributed by atoms with Crippen molar-refractivity contribution in [2.75, 3.05) is 7.11 Å². The second-order valence-electron chi connectivity index (χ2n) is 6.47. The van der Waals surface area contributed by atoms with Gasteiger partial charge in [0.2, 0.25) is 0 Å². The summed E-state index contributed by atoms with van der Waals surface area (Å²) in [5.74, 6) is 0.605. The second-order valence-corrected chi connectivity index (χ2v) is 8.18. The number of thiophene rings is 1. The number of rotatable bonds is 6. The van der Waals surface area contributed by atoms with Crippen LogP contribution in [-0.4, -0.2) is 22.4 Å². The highest BCUT2D eigenvalue weighted by Crippen LogP contribution is 2.29. The zero-order valence-corrected chi connectivity index (χ0v) is 17.5. The highest BCUT2D eigenvalue weighted by molar-refractivity contribution is 7.19. The van der Waals surface area contributed by atoms with Gasteiger partial charge in [-0.2, -0.15) is 0 Å². The maximum Gasteiger partial charge on any atom is 0.330 e. The molecule has 2 heterocycles. The van der Waals surface area contributed by atoms with Crippen LogP contribution >= 0.6 is 22.9 Å². The average Bonchev–Trinajstić information content (AvgIpc) is 3.38. The number of H-pyrrole nitrogens is 1. The first-order valence-electron chi connectivity index (χ1n) is 9.08. The summed E-state index contributed by atoms with van der Waals surface area (Å²) in [7, 11) is 1.61. The lowest BCUT2D eigenvalue weighted by molar-refractivity contribution is 0.104. The molecule has 4 aromatic rings. The van der Waals surface area contributed by atoms with E-state index in [0.717, 1.165) is 16.2 Å². The predicted molar refractivity (Wildman–Crippen MR) is 121 cm³/mol. The molecule has 7 heteroatoms. The molecule has 0 saturated carbocycles. The van der Waals surface area contributed by atoms with E-state index in [1.54, 1.807) is 49.7 Å². The van der Waals surface area contributed by atoms with Crippen molar-refractivity contribution in [3.05, 3.63) is 98.9 Å². The number of hydrogen-bond acceptors (Lipinski definition) is 4. The molecule has 0 radical (unpaired) electrons. The molecule has 4 rings (SSSR count). The zero-order chi connectivity index (χ0) is 21.1. The van der Waals surface area contributed by atoms with Gasteiger partial charge in [-0.15, -0.1) is 11.3 Å². The van der Waals surface area contributed by atoms with Gasteiger partial charge in [-0.3, -0.25) is 9.36 Å². The zero-order valence-electron chi connectivity index (χ0n) is 16.0. The number of carbonyl (C=O) groups excluding carboxylic acids is 1. The van der Waals surface area contributed by atoms with Crippen LogP contribution < -0.4 is 10.4 Å². The number of ketones is 1. The minimum absolute atomic E-state index is 0.151. The van der Waals surface area contributed by atoms with Crippen molar-refractivity contribution < 1.29 is 9.53 Å². The number of hydrogen-bond donors (Lipinski definition) is 1. The van der Waals surface area contributed by atoms with Gasteiger partial charge in [-0.05, 0) is 48.0 Å². The number of allylic oxidation sites excluding steroid dienone is 1. The van der Waals surface area contributed by atoms with Crippen molar-refractivity contribution in [3.63, 3.8) is 0 Å². The molecule has 0 aliphatic heterocycles. The average molecular weight is 437 g/mol. The first-order chi connectivity index (χ1) is 14.5. The van der Waals surface area contributed by atoms with Gasteiger partial charge < -0.3 is 9.72 Å². The third-order valence-corrected chi connectivity index (χ3v) is 5.77. The van der Waals surface area contributed by atoms with Crippen LogP contribution in [0.1, 0.15) is 15.9 Å². The molecule has 0 bridgehead atoms. The quantitative estimate of drug-likeness (QED) is 0.323. The Morgan fingerprint density at radius 2 is 1.93 bits per heavy atom. The standard InChI is InChI=1S/C23H17ClN2O3S/c1-29-18-8-5-15(6-9-18)7-10-20(27)16-3-2-4-17(13-16)26-14-19(25-23(26)28)21-11-12-22(24)30-21/h2-14H,1H3,(H,25,28). The number of carbonyl (C=O) groups is 1. The molecule has 0 amide bonds. The number of methoxy groups -OCH3 is 1. The van der Waals surface area contributed by atoms with Gasteiger partial charge in [0, 0.05) is 11.8 Å². The molecule has 0 fully saturated rings. The molecule has 0 spiro atoms. The van der Waals surface area contributed by atoms with Crippen molar-refractivity contribution in [1.82, 2.24) is 9.55 Å². The molecule has 0 aliphatic rings. The van der Waals surface area contributed by atoms with E-state index in [-0.39, 0.29) is 11.5 Å². The van der Waals surface area contributed by atoms with Crippen molar-refractivity contribution in [2.45, 2.75) is 0 Å². The molecule has 30 heavy (non-hydrogen) atoms. The van der Waals surface area contributed by atoms with E-state index in [4.69, 9.17) is 16.3 Å². The van der Waals surface area contributed by atoms with Crippen LogP contribution in [0.5, 0.6) is 5.75 Å². The van der Waals surface area contributed by atoms with E-state index in [9.17, 15) is 9.59 Å². The predicted octanol–water partition coefficient (Wildman–Crippen LogP) is 5.45. The Hall–Kier alpha value is -3.35. The topological polar surface area (TPSA) is 64.1 Å². The fourth-order valence-electron chi connectivity index (χ4n) is 2.96.